The van der Waals surface area contributed by atoms with Crippen LogP contribution in [-0.2, 0) is 11.3 Å². The van der Waals surface area contributed by atoms with Crippen LogP contribution in [0, 0.1) is 6.92 Å². The summed E-state index contributed by atoms with van der Waals surface area (Å²) in [5.74, 6) is -0.389. The van der Waals surface area contributed by atoms with Crippen LogP contribution < -0.4 is 5.32 Å². The highest BCUT2D eigenvalue weighted by Crippen LogP contribution is 2.28. The second-order valence-corrected chi connectivity index (χ2v) is 13.0. The highest BCUT2D eigenvalue weighted by Gasteiger charge is 2.18. The van der Waals surface area contributed by atoms with Crippen LogP contribution in [0.25, 0.3) is 22.0 Å². The predicted octanol–water partition coefficient (Wildman–Crippen LogP) is 9.64. The van der Waals surface area contributed by atoms with Gasteiger partial charge in [-0.2, -0.15) is 0 Å². The highest BCUT2D eigenvalue weighted by molar-refractivity contribution is 14.1. The predicted molar refractivity (Wildman–Crippen MR) is 186 cm³/mol. The van der Waals surface area contributed by atoms with E-state index in [1.807, 2.05) is 73.7 Å². The zero-order valence-electron chi connectivity index (χ0n) is 24.4. The lowest BCUT2D eigenvalue weighted by atomic mass is 9.98. The summed E-state index contributed by atoms with van der Waals surface area (Å²) in [5, 5.41) is 4.14. The number of esters is 1. The van der Waals surface area contributed by atoms with Crippen molar-refractivity contribution in [3.8, 4) is 11.1 Å². The number of carbonyl (C=O) groups excluding carboxylic acids is 2. The first-order valence-corrected chi connectivity index (χ1v) is 16.5. The van der Waals surface area contributed by atoms with Gasteiger partial charge >= 0.3 is 5.97 Å². The average molecular weight is 749 g/mol. The summed E-state index contributed by atoms with van der Waals surface area (Å²) in [6.45, 7) is 6.85. The minimum atomic E-state index is -0.294. The van der Waals surface area contributed by atoms with E-state index >= 15 is 0 Å². The molecule has 0 aliphatic carbocycles. The number of rotatable bonds is 10. The smallest absolute Gasteiger partial charge is 0.339 e. The monoisotopic (exact) mass is 748 g/mol. The van der Waals surface area contributed by atoms with Crippen LogP contribution in [0.4, 0.5) is 0 Å². The molecule has 1 amide bonds. The Kier molecular flexibility index (Phi) is 10.0. The molecule has 1 N–H and O–H groups in total. The lowest BCUT2D eigenvalue weighted by Crippen LogP contribution is -2.26. The van der Waals surface area contributed by atoms with Crippen molar-refractivity contribution in [2.45, 2.75) is 50.3 Å². The molecule has 5 nitrogen and oxygen atoms in total. The van der Waals surface area contributed by atoms with Gasteiger partial charge in [0.25, 0.3) is 5.91 Å². The number of alkyl halides is 1. The number of hydrogen-bond acceptors (Lipinski definition) is 3. The second kappa shape index (κ2) is 13.9. The van der Waals surface area contributed by atoms with E-state index in [1.165, 1.54) is 0 Å². The van der Waals surface area contributed by atoms with Crippen LogP contribution in [0.2, 0.25) is 0 Å². The SMILES string of the molecule is CCCC(I)OC(=O)c1ccccc1-c1ccc(Cn2c(C)cc3cc(C(=O)N[C@@H](C)c4ccc(Br)cc4)ccc32)cc1. The van der Waals surface area contributed by atoms with Gasteiger partial charge in [-0.1, -0.05) is 83.9 Å². The van der Waals surface area contributed by atoms with Gasteiger partial charge in [0.05, 0.1) is 11.6 Å². The fraction of sp³-hybridized carbons (Fsp3) is 0.222. The Bertz CT molecular complexity index is 1750. The molecule has 0 aliphatic heterocycles. The third-order valence-corrected chi connectivity index (χ3v) is 9.00. The molecule has 0 spiro atoms. The number of nitrogens with one attached hydrogen (secondary N) is 1. The number of hydrogen-bond donors (Lipinski definition) is 1. The van der Waals surface area contributed by atoms with Gasteiger partial charge in [-0.25, -0.2) is 4.79 Å². The van der Waals surface area contributed by atoms with Crippen LogP contribution in [-0.4, -0.2) is 20.6 Å². The van der Waals surface area contributed by atoms with Crippen LogP contribution >= 0.6 is 38.5 Å². The van der Waals surface area contributed by atoms with Crippen molar-refractivity contribution in [1.82, 2.24) is 9.88 Å². The van der Waals surface area contributed by atoms with Crippen LogP contribution in [0.3, 0.4) is 0 Å². The van der Waals surface area contributed by atoms with Crippen molar-refractivity contribution in [3.05, 3.63) is 129 Å². The number of ether oxygens (including phenoxy) is 1. The van der Waals surface area contributed by atoms with Gasteiger partial charge in [-0.3, -0.25) is 4.79 Å². The maximum absolute atomic E-state index is 13.1. The quantitative estimate of drug-likeness (QED) is 0.0880. The van der Waals surface area contributed by atoms with Crippen LogP contribution in [0.5, 0.6) is 0 Å². The summed E-state index contributed by atoms with van der Waals surface area (Å²) < 4.78 is 8.80. The first-order valence-electron chi connectivity index (χ1n) is 14.4. The molecule has 5 aromatic rings. The number of benzene rings is 4. The molecule has 0 aliphatic rings. The number of carbonyl (C=O) groups is 2. The summed E-state index contributed by atoms with van der Waals surface area (Å²) in [5.41, 5.74) is 7.44. The van der Waals surface area contributed by atoms with Crippen molar-refractivity contribution >= 4 is 61.3 Å². The molecule has 0 saturated heterocycles. The number of halogens is 2. The number of fused-ring (bicyclic) bond motifs is 1. The van der Waals surface area contributed by atoms with Gasteiger partial charge in [-0.15, -0.1) is 0 Å². The van der Waals surface area contributed by atoms with Crippen molar-refractivity contribution in [3.63, 3.8) is 0 Å². The molecule has 7 heteroatoms. The molecule has 2 atom stereocenters. The van der Waals surface area contributed by atoms with E-state index < -0.39 is 0 Å². The van der Waals surface area contributed by atoms with Crippen LogP contribution in [0.15, 0.2) is 102 Å². The van der Waals surface area contributed by atoms with Crippen molar-refractivity contribution in [2.24, 2.45) is 0 Å². The number of aromatic nitrogens is 1. The van der Waals surface area contributed by atoms with E-state index in [1.54, 1.807) is 0 Å². The van der Waals surface area contributed by atoms with E-state index in [0.717, 1.165) is 56.2 Å². The molecule has 43 heavy (non-hydrogen) atoms. The topological polar surface area (TPSA) is 60.3 Å². The Morgan fingerprint density at radius 2 is 1.67 bits per heavy atom. The molecule has 1 aromatic heterocycles. The lowest BCUT2D eigenvalue weighted by molar-refractivity contribution is 0.0472. The fourth-order valence-corrected chi connectivity index (χ4v) is 6.34. The molecule has 0 radical (unpaired) electrons. The molecule has 0 saturated carbocycles. The highest BCUT2D eigenvalue weighted by atomic mass is 127. The maximum atomic E-state index is 13.1. The molecule has 0 bridgehead atoms. The summed E-state index contributed by atoms with van der Waals surface area (Å²) in [6.07, 6.45) is 1.79. The molecule has 1 unspecified atom stereocenters. The molecule has 1 heterocycles. The van der Waals surface area contributed by atoms with Crippen molar-refractivity contribution in [2.75, 3.05) is 0 Å². The summed E-state index contributed by atoms with van der Waals surface area (Å²) in [4.78, 5) is 26.0. The van der Waals surface area contributed by atoms with Gasteiger partial charge < -0.3 is 14.6 Å². The first-order chi connectivity index (χ1) is 20.7. The molecular formula is C36H34BrIN2O3. The fourth-order valence-electron chi connectivity index (χ4n) is 5.23. The van der Waals surface area contributed by atoms with E-state index in [0.29, 0.717) is 17.7 Å². The Morgan fingerprint density at radius 1 is 0.953 bits per heavy atom. The van der Waals surface area contributed by atoms with Gasteiger partial charge in [0.2, 0.25) is 0 Å². The average Bonchev–Trinajstić information content (AvgIpc) is 3.31. The number of aryl methyl sites for hydroxylation is 1. The maximum Gasteiger partial charge on any atom is 0.339 e. The molecular weight excluding hydrogens is 715 g/mol. The summed E-state index contributed by atoms with van der Waals surface area (Å²) in [6, 6.07) is 31.8. The molecule has 0 fully saturated rings. The first kappa shape index (κ1) is 31.0. The number of amides is 1. The van der Waals surface area contributed by atoms with Gasteiger partial charge in [0.15, 0.2) is 4.11 Å². The van der Waals surface area contributed by atoms with Crippen LogP contribution in [0.1, 0.15) is 70.3 Å². The Labute approximate surface area is 274 Å². The van der Waals surface area contributed by atoms with Gasteiger partial charge in [-0.05, 0) is 108 Å². The third kappa shape index (κ3) is 7.39. The molecule has 5 rings (SSSR count). The van der Waals surface area contributed by atoms with Gasteiger partial charge in [0, 0.05) is 33.2 Å². The minimum Gasteiger partial charge on any atom is -0.448 e. The second-order valence-electron chi connectivity index (χ2n) is 10.7. The largest absolute Gasteiger partial charge is 0.448 e. The Morgan fingerprint density at radius 3 is 2.40 bits per heavy atom. The Balaban J connectivity index is 1.31. The zero-order chi connectivity index (χ0) is 30.5. The van der Waals surface area contributed by atoms with Crippen molar-refractivity contribution in [1.29, 1.82) is 0 Å². The van der Waals surface area contributed by atoms with E-state index in [-0.39, 0.29) is 22.0 Å². The number of nitrogens with zero attached hydrogens (tertiary/aromatic N) is 1. The van der Waals surface area contributed by atoms with E-state index in [4.69, 9.17) is 4.74 Å². The zero-order valence-corrected chi connectivity index (χ0v) is 28.2. The lowest BCUT2D eigenvalue weighted by Gasteiger charge is -2.15. The standard InChI is InChI=1S/C36H34BrIN2O3/c1-4-7-34(38)43-36(42)32-9-6-5-8-31(32)27-12-10-25(11-13-27)22-40-23(2)20-29-21-28(16-19-33(29)40)35(41)39-24(3)26-14-17-30(37)18-15-26/h5-6,8-21,24,34H,4,7,22H2,1-3H3,(H,39,41)/t24-,34?/m0/s1. The van der Waals surface area contributed by atoms with Crippen molar-refractivity contribution < 1.29 is 14.3 Å². The normalized spacial score (nSPS) is 12.6. The molecule has 220 valence electrons. The summed E-state index contributed by atoms with van der Waals surface area (Å²) in [7, 11) is 0. The Hall–Kier alpha value is -3.43. The van der Waals surface area contributed by atoms with E-state index in [2.05, 4.69) is 92.6 Å². The minimum absolute atomic E-state index is 0.0955. The van der Waals surface area contributed by atoms with Gasteiger partial charge in [0.1, 0.15) is 0 Å². The summed E-state index contributed by atoms with van der Waals surface area (Å²) >= 11 is 5.64. The third-order valence-electron chi connectivity index (χ3n) is 7.59. The molecule has 4 aromatic carbocycles. The van der Waals surface area contributed by atoms with E-state index in [9.17, 15) is 9.59 Å².